The van der Waals surface area contributed by atoms with Crippen LogP contribution in [0.25, 0.3) is 21.8 Å². The van der Waals surface area contributed by atoms with Crippen LogP contribution in [-0.4, -0.2) is 29.8 Å². The molecular formula is C25H21F2N5OS2. The smallest absolute Gasteiger partial charge is 0.137 e. The molecule has 3 aromatic heterocycles. The molecule has 0 radical (unpaired) electrons. The van der Waals surface area contributed by atoms with Crippen LogP contribution in [0.15, 0.2) is 65.9 Å². The van der Waals surface area contributed by atoms with Gasteiger partial charge in [-0.2, -0.15) is 5.10 Å². The quantitative estimate of drug-likeness (QED) is 0.300. The van der Waals surface area contributed by atoms with E-state index >= 15 is 0 Å². The maximum absolute atomic E-state index is 14.8. The lowest BCUT2D eigenvalue weighted by Crippen LogP contribution is -2.38. The van der Waals surface area contributed by atoms with Crippen molar-refractivity contribution in [2.45, 2.75) is 31.9 Å². The maximum Gasteiger partial charge on any atom is 0.137 e. The molecule has 178 valence electrons. The Kier molecular flexibility index (Phi) is 6.26. The number of aryl methyl sites for hydroxylation is 1. The summed E-state index contributed by atoms with van der Waals surface area (Å²) in [4.78, 5) is 13.2. The van der Waals surface area contributed by atoms with Gasteiger partial charge in [-0.3, -0.25) is 0 Å². The van der Waals surface area contributed by atoms with Gasteiger partial charge in [-0.05, 0) is 13.0 Å². The van der Waals surface area contributed by atoms with Crippen molar-refractivity contribution in [3.63, 3.8) is 0 Å². The summed E-state index contributed by atoms with van der Waals surface area (Å²) in [7, 11) is 0. The zero-order valence-corrected chi connectivity index (χ0v) is 20.5. The third-order valence-corrected chi connectivity index (χ3v) is 7.96. The van der Waals surface area contributed by atoms with Crippen molar-refractivity contribution in [3.05, 3.63) is 93.8 Å². The Labute approximate surface area is 208 Å². The van der Waals surface area contributed by atoms with Gasteiger partial charge >= 0.3 is 0 Å². The van der Waals surface area contributed by atoms with E-state index < -0.39 is 23.2 Å². The number of nitrogens with zero attached hydrogens (tertiary/aromatic N) is 5. The minimum absolute atomic E-state index is 0.0262. The van der Waals surface area contributed by atoms with E-state index in [1.165, 1.54) is 34.7 Å². The molecule has 0 fully saturated rings. The van der Waals surface area contributed by atoms with Crippen molar-refractivity contribution in [1.82, 2.24) is 24.7 Å². The van der Waals surface area contributed by atoms with E-state index in [4.69, 9.17) is 4.98 Å². The van der Waals surface area contributed by atoms with E-state index in [9.17, 15) is 13.9 Å². The van der Waals surface area contributed by atoms with Gasteiger partial charge < -0.3 is 5.11 Å². The van der Waals surface area contributed by atoms with Crippen molar-refractivity contribution < 1.29 is 13.9 Å². The molecule has 0 aliphatic heterocycles. The maximum atomic E-state index is 14.8. The summed E-state index contributed by atoms with van der Waals surface area (Å²) in [5.74, 6) is -2.16. The Balaban J connectivity index is 1.47. The Hall–Kier alpha value is -3.34. The van der Waals surface area contributed by atoms with Crippen molar-refractivity contribution in [3.8, 4) is 21.8 Å². The second-order valence-electron chi connectivity index (χ2n) is 8.31. The summed E-state index contributed by atoms with van der Waals surface area (Å²) in [6.07, 6.45) is 2.78. The minimum atomic E-state index is -1.74. The number of halogens is 2. The predicted octanol–water partition coefficient (Wildman–Crippen LogP) is 5.80. The first kappa shape index (κ1) is 23.4. The molecule has 2 atom stereocenters. The Morgan fingerprint density at radius 1 is 1.03 bits per heavy atom. The zero-order chi connectivity index (χ0) is 24.6. The van der Waals surface area contributed by atoms with Crippen LogP contribution in [0.5, 0.6) is 0 Å². The first-order valence-corrected chi connectivity index (χ1v) is 12.6. The molecule has 0 aliphatic carbocycles. The van der Waals surface area contributed by atoms with Crippen LogP contribution >= 0.6 is 22.7 Å². The highest BCUT2D eigenvalue weighted by molar-refractivity contribution is 7.13. The molecule has 5 aromatic rings. The summed E-state index contributed by atoms with van der Waals surface area (Å²) >= 11 is 2.97. The Bertz CT molecular complexity index is 1450. The van der Waals surface area contributed by atoms with Crippen molar-refractivity contribution in [1.29, 1.82) is 0 Å². The average Bonchev–Trinajstić information content (AvgIpc) is 3.61. The number of thiazole rings is 2. The van der Waals surface area contributed by atoms with Crippen LogP contribution in [0.3, 0.4) is 0 Å². The fourth-order valence-corrected chi connectivity index (χ4v) is 5.73. The lowest BCUT2D eigenvalue weighted by atomic mass is 9.82. The number of hydrogen-bond donors (Lipinski definition) is 1. The standard InChI is InChI=1S/C25H21F2N5OS2/c1-15-10-34-24(30-15)18-5-3-17(4-6-18)22-11-35-23(31-22)16(2)25(33,12-32-14-28-13-29-32)20-8-7-19(26)9-21(20)27/h3-11,13-14,16,33H,12H2,1-2H3/t16-,25+/m0/s1. The van der Waals surface area contributed by atoms with Gasteiger partial charge in [-0.25, -0.2) is 28.4 Å². The molecule has 0 amide bonds. The average molecular weight is 510 g/mol. The highest BCUT2D eigenvalue weighted by Crippen LogP contribution is 2.41. The van der Waals surface area contributed by atoms with Crippen molar-refractivity contribution in [2.75, 3.05) is 0 Å². The van der Waals surface area contributed by atoms with Gasteiger partial charge in [0.25, 0.3) is 0 Å². The monoisotopic (exact) mass is 509 g/mol. The molecule has 6 nitrogen and oxygen atoms in total. The highest BCUT2D eigenvalue weighted by Gasteiger charge is 2.41. The first-order valence-electron chi connectivity index (χ1n) is 10.8. The summed E-state index contributed by atoms with van der Waals surface area (Å²) in [6.45, 7) is 3.66. The molecule has 0 saturated heterocycles. The molecule has 0 spiro atoms. The third kappa shape index (κ3) is 4.64. The van der Waals surface area contributed by atoms with Gasteiger partial charge in [0.1, 0.15) is 34.9 Å². The predicted molar refractivity (Wildman–Crippen MR) is 132 cm³/mol. The molecule has 0 saturated carbocycles. The Morgan fingerprint density at radius 2 is 1.80 bits per heavy atom. The number of benzene rings is 2. The first-order chi connectivity index (χ1) is 16.8. The zero-order valence-electron chi connectivity index (χ0n) is 18.9. The van der Waals surface area contributed by atoms with E-state index in [-0.39, 0.29) is 12.1 Å². The van der Waals surface area contributed by atoms with Gasteiger partial charge in [0.2, 0.25) is 0 Å². The van der Waals surface area contributed by atoms with Crippen LogP contribution in [0.1, 0.15) is 29.1 Å². The summed E-state index contributed by atoms with van der Waals surface area (Å²) < 4.78 is 29.9. The van der Waals surface area contributed by atoms with E-state index in [0.29, 0.717) is 5.01 Å². The number of hydrogen-bond acceptors (Lipinski definition) is 7. The molecule has 0 bridgehead atoms. The fraction of sp³-hybridized carbons (Fsp3) is 0.200. The SMILES string of the molecule is Cc1csc(-c2ccc(-c3csc([C@H](C)[C@](O)(Cn4cncn4)c4ccc(F)cc4F)n3)cc2)n1. The summed E-state index contributed by atoms with van der Waals surface area (Å²) in [5.41, 5.74) is 1.92. The van der Waals surface area contributed by atoms with Crippen LogP contribution in [-0.2, 0) is 12.1 Å². The fourth-order valence-electron chi connectivity index (χ4n) is 3.95. The number of rotatable bonds is 7. The lowest BCUT2D eigenvalue weighted by molar-refractivity contribution is -0.0112. The van der Waals surface area contributed by atoms with Gasteiger partial charge in [-0.1, -0.05) is 37.3 Å². The lowest BCUT2D eigenvalue weighted by Gasteiger charge is -2.33. The van der Waals surface area contributed by atoms with Gasteiger partial charge in [-0.15, -0.1) is 22.7 Å². The van der Waals surface area contributed by atoms with Gasteiger partial charge in [0.05, 0.1) is 17.2 Å². The van der Waals surface area contributed by atoms with Crippen LogP contribution in [0, 0.1) is 18.6 Å². The molecule has 2 aromatic carbocycles. The second kappa shape index (κ2) is 9.37. The largest absolute Gasteiger partial charge is 0.382 e. The second-order valence-corrected chi connectivity index (χ2v) is 10.1. The van der Waals surface area contributed by atoms with E-state index in [1.807, 2.05) is 41.9 Å². The van der Waals surface area contributed by atoms with E-state index in [2.05, 4.69) is 15.1 Å². The number of aliphatic hydroxyl groups is 1. The summed E-state index contributed by atoms with van der Waals surface area (Å²) in [6, 6.07) is 11.2. The van der Waals surface area contributed by atoms with E-state index in [0.717, 1.165) is 39.7 Å². The molecule has 35 heavy (non-hydrogen) atoms. The molecule has 0 unspecified atom stereocenters. The molecule has 3 heterocycles. The van der Waals surface area contributed by atoms with Crippen molar-refractivity contribution in [2.24, 2.45) is 0 Å². The highest BCUT2D eigenvalue weighted by atomic mass is 32.1. The van der Waals surface area contributed by atoms with Crippen molar-refractivity contribution >= 4 is 22.7 Å². The Morgan fingerprint density at radius 3 is 2.46 bits per heavy atom. The number of aromatic nitrogens is 5. The molecule has 1 N–H and O–H groups in total. The van der Waals surface area contributed by atoms with Crippen LogP contribution < -0.4 is 0 Å². The summed E-state index contributed by atoms with van der Waals surface area (Å²) in [5, 5.41) is 21.4. The molecule has 10 heteroatoms. The van der Waals surface area contributed by atoms with Gasteiger partial charge in [0, 0.05) is 45.1 Å². The van der Waals surface area contributed by atoms with E-state index in [1.54, 1.807) is 18.3 Å². The third-order valence-electron chi connectivity index (χ3n) is 5.92. The topological polar surface area (TPSA) is 76.7 Å². The normalized spacial score (nSPS) is 14.1. The van der Waals surface area contributed by atoms with Gasteiger partial charge in [0.15, 0.2) is 0 Å². The molecule has 5 rings (SSSR count). The molecule has 0 aliphatic rings. The van der Waals surface area contributed by atoms with Crippen LogP contribution in [0.4, 0.5) is 8.78 Å². The van der Waals surface area contributed by atoms with Crippen LogP contribution in [0.2, 0.25) is 0 Å². The molecular weight excluding hydrogens is 488 g/mol. The minimum Gasteiger partial charge on any atom is -0.382 e.